The van der Waals surface area contributed by atoms with Gasteiger partial charge in [-0.05, 0) is 42.2 Å². The van der Waals surface area contributed by atoms with Gasteiger partial charge in [-0.2, -0.15) is 11.3 Å². The smallest absolute Gasteiger partial charge is 0.0965 e. The van der Waals surface area contributed by atoms with Gasteiger partial charge in [0, 0.05) is 19.0 Å². The minimum absolute atomic E-state index is 0.501. The summed E-state index contributed by atoms with van der Waals surface area (Å²) in [5, 5.41) is 7.82. The molecule has 0 saturated heterocycles. The van der Waals surface area contributed by atoms with Crippen molar-refractivity contribution in [2.24, 2.45) is 4.99 Å². The van der Waals surface area contributed by atoms with Crippen LogP contribution < -0.4 is 5.32 Å². The average Bonchev–Trinajstić information content (AvgIpc) is 2.76. The second-order valence-electron chi connectivity index (χ2n) is 3.81. The first-order valence-electron chi connectivity index (χ1n) is 5.15. The summed E-state index contributed by atoms with van der Waals surface area (Å²) in [6.45, 7) is 3.23. The molecule has 1 aromatic heterocycles. The molecule has 1 atom stereocenters. The summed E-state index contributed by atoms with van der Waals surface area (Å²) in [5.41, 5.74) is 1.42. The highest BCUT2D eigenvalue weighted by molar-refractivity contribution is 7.07. The maximum atomic E-state index is 4.41. The molecular weight excluding hydrogens is 192 g/mol. The first kappa shape index (κ1) is 9.71. The van der Waals surface area contributed by atoms with Gasteiger partial charge < -0.3 is 5.32 Å². The zero-order valence-corrected chi connectivity index (χ0v) is 9.31. The van der Waals surface area contributed by atoms with Crippen molar-refractivity contribution in [3.63, 3.8) is 0 Å². The molecule has 0 spiro atoms. The van der Waals surface area contributed by atoms with E-state index in [-0.39, 0.29) is 0 Å². The quantitative estimate of drug-likeness (QED) is 0.810. The van der Waals surface area contributed by atoms with Gasteiger partial charge in [-0.15, -0.1) is 0 Å². The first-order chi connectivity index (χ1) is 6.84. The van der Waals surface area contributed by atoms with Crippen LogP contribution in [0.15, 0.2) is 21.8 Å². The van der Waals surface area contributed by atoms with Crippen LogP contribution in [0.3, 0.4) is 0 Å². The summed E-state index contributed by atoms with van der Waals surface area (Å²) in [5.74, 6) is 1.20. The molecular formula is C11H16N2S. The molecule has 2 nitrogen and oxygen atoms in total. The topological polar surface area (TPSA) is 24.4 Å². The maximum absolute atomic E-state index is 4.41. The van der Waals surface area contributed by atoms with Gasteiger partial charge in [-0.3, -0.25) is 4.99 Å². The van der Waals surface area contributed by atoms with E-state index in [9.17, 15) is 0 Å². The predicted molar refractivity (Wildman–Crippen MR) is 62.2 cm³/mol. The number of aliphatic imine (C=N–C) groups is 1. The number of nitrogens with zero attached hydrogens (tertiary/aromatic N) is 1. The summed E-state index contributed by atoms with van der Waals surface area (Å²) in [6.07, 6.45) is 3.45. The number of nitrogens with one attached hydrogen (secondary N) is 1. The molecule has 1 aromatic rings. The Morgan fingerprint density at radius 1 is 1.64 bits per heavy atom. The van der Waals surface area contributed by atoms with E-state index in [1.165, 1.54) is 17.8 Å². The molecule has 0 amide bonds. The Labute approximate surface area is 89.1 Å². The molecule has 0 saturated carbocycles. The van der Waals surface area contributed by atoms with Gasteiger partial charge in [0.05, 0.1) is 5.84 Å². The van der Waals surface area contributed by atoms with Crippen molar-refractivity contribution in [1.29, 1.82) is 0 Å². The lowest BCUT2D eigenvalue weighted by molar-refractivity contribution is 0.656. The number of hydrogen-bond acceptors (Lipinski definition) is 3. The van der Waals surface area contributed by atoms with E-state index in [0.29, 0.717) is 6.04 Å². The van der Waals surface area contributed by atoms with Crippen molar-refractivity contribution in [1.82, 2.24) is 5.32 Å². The van der Waals surface area contributed by atoms with E-state index in [4.69, 9.17) is 0 Å². The normalized spacial score (nSPS) is 17.9. The van der Waals surface area contributed by atoms with Crippen molar-refractivity contribution >= 4 is 17.2 Å². The highest BCUT2D eigenvalue weighted by Crippen LogP contribution is 2.09. The predicted octanol–water partition coefficient (Wildman–Crippen LogP) is 2.46. The summed E-state index contributed by atoms with van der Waals surface area (Å²) in [4.78, 5) is 4.41. The summed E-state index contributed by atoms with van der Waals surface area (Å²) in [6, 6.07) is 2.70. The van der Waals surface area contributed by atoms with Gasteiger partial charge in [0.1, 0.15) is 0 Å². The fourth-order valence-electron chi connectivity index (χ4n) is 1.76. The Bertz CT molecular complexity index is 303. The largest absolute Gasteiger partial charge is 0.371 e. The van der Waals surface area contributed by atoms with E-state index >= 15 is 0 Å². The molecule has 1 N–H and O–H groups in total. The first-order valence-corrected chi connectivity index (χ1v) is 6.10. The minimum Gasteiger partial charge on any atom is -0.371 e. The van der Waals surface area contributed by atoms with Crippen LogP contribution in [-0.2, 0) is 6.42 Å². The summed E-state index contributed by atoms with van der Waals surface area (Å²) < 4.78 is 0. The highest BCUT2D eigenvalue weighted by atomic mass is 32.1. The Balaban J connectivity index is 1.81. The number of thiophene rings is 1. The van der Waals surface area contributed by atoms with E-state index in [1.54, 1.807) is 11.3 Å². The fraction of sp³-hybridized carbons (Fsp3) is 0.545. The van der Waals surface area contributed by atoms with Crippen molar-refractivity contribution in [3.8, 4) is 0 Å². The van der Waals surface area contributed by atoms with Crippen molar-refractivity contribution in [3.05, 3.63) is 22.4 Å². The Morgan fingerprint density at radius 2 is 2.57 bits per heavy atom. The van der Waals surface area contributed by atoms with E-state index < -0.39 is 0 Å². The summed E-state index contributed by atoms with van der Waals surface area (Å²) in [7, 11) is 0. The lowest BCUT2D eigenvalue weighted by Gasteiger charge is -2.13. The summed E-state index contributed by atoms with van der Waals surface area (Å²) >= 11 is 1.77. The average molecular weight is 208 g/mol. The van der Waals surface area contributed by atoms with Crippen LogP contribution >= 0.6 is 11.3 Å². The zero-order valence-electron chi connectivity index (χ0n) is 8.49. The number of rotatable bonds is 3. The van der Waals surface area contributed by atoms with Gasteiger partial charge in [0.2, 0.25) is 0 Å². The minimum atomic E-state index is 0.501. The Morgan fingerprint density at radius 3 is 3.21 bits per heavy atom. The van der Waals surface area contributed by atoms with Gasteiger partial charge in [-0.1, -0.05) is 0 Å². The van der Waals surface area contributed by atoms with Crippen molar-refractivity contribution in [2.45, 2.75) is 32.2 Å². The molecule has 0 fully saturated rings. The lowest BCUT2D eigenvalue weighted by Crippen LogP contribution is -2.32. The van der Waals surface area contributed by atoms with Crippen LogP contribution in [0.1, 0.15) is 25.3 Å². The zero-order chi connectivity index (χ0) is 9.80. The molecule has 0 radical (unpaired) electrons. The molecule has 0 aliphatic carbocycles. The van der Waals surface area contributed by atoms with Crippen LogP contribution in [0.4, 0.5) is 0 Å². The molecule has 1 unspecified atom stereocenters. The molecule has 3 heteroatoms. The van der Waals surface area contributed by atoms with Crippen molar-refractivity contribution in [2.75, 3.05) is 6.54 Å². The molecule has 1 aliphatic rings. The van der Waals surface area contributed by atoms with Crippen LogP contribution in [0.25, 0.3) is 0 Å². The molecule has 76 valence electrons. The molecule has 0 aromatic carbocycles. The Kier molecular flexibility index (Phi) is 3.19. The monoisotopic (exact) mass is 208 g/mol. The molecule has 2 heterocycles. The van der Waals surface area contributed by atoms with Crippen LogP contribution in [-0.4, -0.2) is 18.4 Å². The van der Waals surface area contributed by atoms with Gasteiger partial charge in [0.25, 0.3) is 0 Å². The van der Waals surface area contributed by atoms with Crippen LogP contribution in [0.5, 0.6) is 0 Å². The molecule has 2 rings (SSSR count). The van der Waals surface area contributed by atoms with Crippen LogP contribution in [0, 0.1) is 0 Å². The van der Waals surface area contributed by atoms with E-state index in [2.05, 4.69) is 34.1 Å². The maximum Gasteiger partial charge on any atom is 0.0965 e. The van der Waals surface area contributed by atoms with Gasteiger partial charge >= 0.3 is 0 Å². The highest BCUT2D eigenvalue weighted by Gasteiger charge is 2.09. The Hall–Kier alpha value is -0.830. The third kappa shape index (κ3) is 2.58. The van der Waals surface area contributed by atoms with Gasteiger partial charge in [-0.25, -0.2) is 0 Å². The molecule has 0 bridgehead atoms. The van der Waals surface area contributed by atoms with Crippen molar-refractivity contribution < 1.29 is 0 Å². The standard InChI is InChI=1S/C11H16N2S/c1-9(7-10-4-6-14-8-10)13-11-3-2-5-12-11/h4,6,8-9H,2-3,5,7H2,1H3,(H,12,13). The third-order valence-corrected chi connectivity index (χ3v) is 3.14. The third-order valence-electron chi connectivity index (χ3n) is 2.41. The molecule has 1 aliphatic heterocycles. The second-order valence-corrected chi connectivity index (χ2v) is 4.59. The number of hydrogen-bond donors (Lipinski definition) is 1. The van der Waals surface area contributed by atoms with E-state index in [1.807, 2.05) is 0 Å². The van der Waals surface area contributed by atoms with E-state index in [0.717, 1.165) is 19.4 Å². The van der Waals surface area contributed by atoms with Crippen LogP contribution in [0.2, 0.25) is 0 Å². The lowest BCUT2D eigenvalue weighted by atomic mass is 10.1. The second kappa shape index (κ2) is 4.60. The molecule has 14 heavy (non-hydrogen) atoms. The fourth-order valence-corrected chi connectivity index (χ4v) is 2.44. The number of amidine groups is 1. The SMILES string of the molecule is CC(Cc1ccsc1)NC1=NCCC1. The van der Waals surface area contributed by atoms with Gasteiger partial charge in [0.15, 0.2) is 0 Å².